The molecule has 0 radical (unpaired) electrons. The first kappa shape index (κ1) is 13.5. The summed E-state index contributed by atoms with van der Waals surface area (Å²) in [5.74, 6) is 0. The zero-order chi connectivity index (χ0) is 13.1. The Hall–Kier alpha value is -1.58. The van der Waals surface area contributed by atoms with E-state index in [2.05, 4.69) is 4.98 Å². The fourth-order valence-electron chi connectivity index (χ4n) is 1.59. The smallest absolute Gasteiger partial charge is 0.264 e. The van der Waals surface area contributed by atoms with Crippen LogP contribution in [-0.2, 0) is 6.18 Å². The zero-order valence-corrected chi connectivity index (χ0v) is 9.97. The molecule has 92 valence electrons. The molecule has 0 aliphatic rings. The van der Waals surface area contributed by atoms with Crippen molar-refractivity contribution in [1.29, 1.82) is 0 Å². The molecule has 17 heavy (non-hydrogen) atoms. The first-order valence-electron chi connectivity index (χ1n) is 5.40. The van der Waals surface area contributed by atoms with Gasteiger partial charge in [0.15, 0.2) is 0 Å². The predicted molar refractivity (Wildman–Crippen MR) is 62.8 cm³/mol. The van der Waals surface area contributed by atoms with Crippen LogP contribution in [0.25, 0.3) is 10.8 Å². The molecule has 0 saturated carbocycles. The van der Waals surface area contributed by atoms with Crippen molar-refractivity contribution < 1.29 is 13.2 Å². The largest absolute Gasteiger partial charge is 0.417 e. The van der Waals surface area contributed by atoms with Gasteiger partial charge >= 0.3 is 6.18 Å². The molecule has 0 amide bonds. The summed E-state index contributed by atoms with van der Waals surface area (Å²) in [4.78, 5) is 3.79. The molecule has 1 heterocycles. The monoisotopic (exact) mass is 241 g/mol. The number of aryl methyl sites for hydroxylation is 1. The highest BCUT2D eigenvalue weighted by molar-refractivity contribution is 5.87. The summed E-state index contributed by atoms with van der Waals surface area (Å²) < 4.78 is 37.9. The Bertz CT molecular complexity index is 503. The summed E-state index contributed by atoms with van der Waals surface area (Å²) in [5.41, 5.74) is 0.120. The summed E-state index contributed by atoms with van der Waals surface area (Å²) >= 11 is 0. The van der Waals surface area contributed by atoms with Gasteiger partial charge in [-0.3, -0.25) is 4.98 Å². The van der Waals surface area contributed by atoms with E-state index in [4.69, 9.17) is 0 Å². The highest BCUT2D eigenvalue weighted by Gasteiger charge is 2.32. The van der Waals surface area contributed by atoms with Crippen molar-refractivity contribution in [3.8, 4) is 0 Å². The van der Waals surface area contributed by atoms with Crippen LogP contribution in [0.3, 0.4) is 0 Å². The minimum atomic E-state index is -4.32. The number of rotatable bonds is 0. The molecule has 0 saturated heterocycles. The maximum absolute atomic E-state index is 12.6. The van der Waals surface area contributed by atoms with Crippen LogP contribution in [0.2, 0.25) is 0 Å². The normalized spacial score (nSPS) is 10.9. The summed E-state index contributed by atoms with van der Waals surface area (Å²) in [6.07, 6.45) is -1.51. The summed E-state index contributed by atoms with van der Waals surface area (Å²) in [6.45, 7) is 5.75. The summed E-state index contributed by atoms with van der Waals surface area (Å²) in [6, 6.07) is 4.16. The number of hydrogen-bond acceptors (Lipinski definition) is 1. The molecule has 1 aromatic carbocycles. The van der Waals surface area contributed by atoms with Gasteiger partial charge in [0.25, 0.3) is 0 Å². The number of alkyl halides is 3. The lowest BCUT2D eigenvalue weighted by molar-refractivity contribution is -0.136. The van der Waals surface area contributed by atoms with Gasteiger partial charge in [-0.1, -0.05) is 26.0 Å². The molecule has 0 N–H and O–H groups in total. The lowest BCUT2D eigenvalue weighted by atomic mass is 10.0. The van der Waals surface area contributed by atoms with Crippen LogP contribution >= 0.6 is 0 Å². The van der Waals surface area contributed by atoms with Crippen molar-refractivity contribution in [3.05, 3.63) is 41.7 Å². The van der Waals surface area contributed by atoms with Gasteiger partial charge in [-0.25, -0.2) is 0 Å². The van der Waals surface area contributed by atoms with E-state index < -0.39 is 11.7 Å². The fourth-order valence-corrected chi connectivity index (χ4v) is 1.59. The van der Waals surface area contributed by atoms with Gasteiger partial charge in [-0.15, -0.1) is 0 Å². The Morgan fingerprint density at radius 1 is 1.00 bits per heavy atom. The van der Waals surface area contributed by atoms with Crippen LogP contribution < -0.4 is 0 Å². The SMILES string of the molecule is CC.Cc1cncc2c(C(F)(F)F)cccc12. The molecule has 4 heteroatoms. The molecule has 0 spiro atoms. The zero-order valence-electron chi connectivity index (χ0n) is 9.97. The third-order valence-electron chi connectivity index (χ3n) is 2.31. The number of nitrogens with zero attached hydrogens (tertiary/aromatic N) is 1. The molecule has 0 bridgehead atoms. The quantitative estimate of drug-likeness (QED) is 0.657. The predicted octanol–water partition coefficient (Wildman–Crippen LogP) is 4.59. The number of benzene rings is 1. The molecule has 1 aromatic heterocycles. The van der Waals surface area contributed by atoms with Gasteiger partial charge in [-0.2, -0.15) is 13.2 Å². The summed E-state index contributed by atoms with van der Waals surface area (Å²) in [7, 11) is 0. The second-order valence-electron chi connectivity index (χ2n) is 3.35. The van der Waals surface area contributed by atoms with E-state index in [-0.39, 0.29) is 5.39 Å². The van der Waals surface area contributed by atoms with E-state index in [1.165, 1.54) is 12.3 Å². The number of fused-ring (bicyclic) bond motifs is 1. The maximum atomic E-state index is 12.6. The van der Waals surface area contributed by atoms with Crippen molar-refractivity contribution in [1.82, 2.24) is 4.98 Å². The van der Waals surface area contributed by atoms with E-state index in [0.717, 1.165) is 11.6 Å². The van der Waals surface area contributed by atoms with Gasteiger partial charge in [0.2, 0.25) is 0 Å². The van der Waals surface area contributed by atoms with E-state index in [0.29, 0.717) is 5.39 Å². The Morgan fingerprint density at radius 3 is 2.24 bits per heavy atom. The number of hydrogen-bond donors (Lipinski definition) is 0. The Kier molecular flexibility index (Phi) is 4.10. The molecule has 0 fully saturated rings. The topological polar surface area (TPSA) is 12.9 Å². The first-order valence-corrected chi connectivity index (χ1v) is 5.40. The van der Waals surface area contributed by atoms with E-state index >= 15 is 0 Å². The molecule has 2 rings (SSSR count). The van der Waals surface area contributed by atoms with Crippen molar-refractivity contribution in [3.63, 3.8) is 0 Å². The molecule has 0 aliphatic heterocycles. The third-order valence-corrected chi connectivity index (χ3v) is 2.31. The van der Waals surface area contributed by atoms with Crippen LogP contribution in [0.15, 0.2) is 30.6 Å². The van der Waals surface area contributed by atoms with Crippen LogP contribution in [0, 0.1) is 6.92 Å². The number of halogens is 3. The Labute approximate surface area is 98.3 Å². The van der Waals surface area contributed by atoms with Gasteiger partial charge in [0.1, 0.15) is 0 Å². The van der Waals surface area contributed by atoms with E-state index in [1.54, 1.807) is 19.2 Å². The molecule has 0 atom stereocenters. The van der Waals surface area contributed by atoms with E-state index in [1.807, 2.05) is 13.8 Å². The molecular weight excluding hydrogens is 227 g/mol. The Morgan fingerprint density at radius 2 is 1.65 bits per heavy atom. The van der Waals surface area contributed by atoms with E-state index in [9.17, 15) is 13.2 Å². The van der Waals surface area contributed by atoms with Crippen molar-refractivity contribution in [2.75, 3.05) is 0 Å². The molecule has 2 aromatic rings. The fraction of sp³-hybridized carbons (Fsp3) is 0.308. The maximum Gasteiger partial charge on any atom is 0.417 e. The lowest BCUT2D eigenvalue weighted by Crippen LogP contribution is -2.05. The van der Waals surface area contributed by atoms with Crippen LogP contribution in [0.5, 0.6) is 0 Å². The average Bonchev–Trinajstić information content (AvgIpc) is 2.30. The highest BCUT2D eigenvalue weighted by atomic mass is 19.4. The number of pyridine rings is 1. The molecule has 1 nitrogen and oxygen atoms in total. The highest BCUT2D eigenvalue weighted by Crippen LogP contribution is 2.34. The standard InChI is InChI=1S/C11H8F3N.C2H6/c1-7-5-15-6-9-8(7)3-2-4-10(9)11(12,13)14;1-2/h2-6H,1H3;1-2H3. The first-order chi connectivity index (χ1) is 8.00. The van der Waals surface area contributed by atoms with Gasteiger partial charge in [0, 0.05) is 17.8 Å². The van der Waals surface area contributed by atoms with Crippen LogP contribution in [0.4, 0.5) is 13.2 Å². The number of aromatic nitrogens is 1. The molecule has 0 aliphatic carbocycles. The van der Waals surface area contributed by atoms with Crippen LogP contribution in [-0.4, -0.2) is 4.98 Å². The third kappa shape index (κ3) is 2.75. The average molecular weight is 241 g/mol. The lowest BCUT2D eigenvalue weighted by Gasteiger charge is -2.10. The minimum Gasteiger partial charge on any atom is -0.264 e. The minimum absolute atomic E-state index is 0.157. The van der Waals surface area contributed by atoms with Crippen molar-refractivity contribution in [2.24, 2.45) is 0 Å². The molecular formula is C13H14F3N. The second-order valence-corrected chi connectivity index (χ2v) is 3.35. The van der Waals surface area contributed by atoms with Gasteiger partial charge in [-0.05, 0) is 23.9 Å². The summed E-state index contributed by atoms with van der Waals surface area (Å²) in [5, 5.41) is 0.754. The molecule has 0 unspecified atom stereocenters. The second kappa shape index (κ2) is 5.17. The Balaban J connectivity index is 0.000000686. The van der Waals surface area contributed by atoms with Crippen molar-refractivity contribution in [2.45, 2.75) is 26.9 Å². The van der Waals surface area contributed by atoms with Crippen LogP contribution in [0.1, 0.15) is 25.0 Å². The van der Waals surface area contributed by atoms with Crippen molar-refractivity contribution >= 4 is 10.8 Å². The van der Waals surface area contributed by atoms with Gasteiger partial charge in [0.05, 0.1) is 5.56 Å². The van der Waals surface area contributed by atoms with Gasteiger partial charge < -0.3 is 0 Å².